The Bertz CT molecular complexity index is 707. The highest BCUT2D eigenvalue weighted by Crippen LogP contribution is 2.25. The van der Waals surface area contributed by atoms with Crippen molar-refractivity contribution in [3.05, 3.63) is 61.6 Å². The van der Waals surface area contributed by atoms with Crippen molar-refractivity contribution in [3.8, 4) is 0 Å². The molecule has 0 unspecified atom stereocenters. The molecule has 5 nitrogen and oxygen atoms in total. The van der Waals surface area contributed by atoms with Crippen LogP contribution in [-0.2, 0) is 6.54 Å². The Labute approximate surface area is 129 Å². The van der Waals surface area contributed by atoms with Crippen LogP contribution in [0.15, 0.2) is 28.9 Å². The summed E-state index contributed by atoms with van der Waals surface area (Å²) in [5.41, 5.74) is 2.26. The number of nitro groups is 1. The van der Waals surface area contributed by atoms with E-state index in [0.29, 0.717) is 27.0 Å². The van der Waals surface area contributed by atoms with Crippen molar-refractivity contribution >= 4 is 27.3 Å². The second-order valence-corrected chi connectivity index (χ2v) is 5.46. The molecule has 0 saturated carbocycles. The quantitative estimate of drug-likeness (QED) is 0.663. The Morgan fingerprint density at radius 3 is 2.76 bits per heavy atom. The molecule has 1 N–H and O–H groups in total. The van der Waals surface area contributed by atoms with Crippen molar-refractivity contribution in [2.75, 3.05) is 5.32 Å². The first-order valence-corrected chi connectivity index (χ1v) is 6.98. The van der Waals surface area contributed by atoms with Crippen molar-refractivity contribution in [3.63, 3.8) is 0 Å². The molecule has 0 amide bonds. The maximum Gasteiger partial charge on any atom is 0.278 e. The first-order chi connectivity index (χ1) is 9.90. The van der Waals surface area contributed by atoms with Crippen LogP contribution in [0.5, 0.6) is 0 Å². The molecule has 0 fully saturated rings. The topological polar surface area (TPSA) is 68.1 Å². The van der Waals surface area contributed by atoms with Crippen molar-refractivity contribution in [2.24, 2.45) is 0 Å². The summed E-state index contributed by atoms with van der Waals surface area (Å²) < 4.78 is 13.8. The minimum Gasteiger partial charge on any atom is -0.379 e. The first kappa shape index (κ1) is 15.4. The van der Waals surface area contributed by atoms with Gasteiger partial charge in [0.15, 0.2) is 0 Å². The minimum absolute atomic E-state index is 0.0730. The van der Waals surface area contributed by atoms with Crippen LogP contribution >= 0.6 is 15.9 Å². The van der Waals surface area contributed by atoms with Gasteiger partial charge < -0.3 is 5.32 Å². The standard InChI is InChI=1S/C14H13BrFN3O2/c1-8-6-18-13(9(2)14(8)19(20)21)7-17-10-3-4-11(15)12(16)5-10/h3-6,17H,7H2,1-2H3. The summed E-state index contributed by atoms with van der Waals surface area (Å²) in [4.78, 5) is 14.9. The average molecular weight is 354 g/mol. The third kappa shape index (κ3) is 3.36. The third-order valence-electron chi connectivity index (χ3n) is 3.14. The average Bonchev–Trinajstić information content (AvgIpc) is 2.41. The van der Waals surface area contributed by atoms with Gasteiger partial charge in [-0.1, -0.05) is 0 Å². The van der Waals surface area contributed by atoms with Crippen LogP contribution in [0, 0.1) is 29.8 Å². The molecule has 2 rings (SSSR count). The Morgan fingerprint density at radius 1 is 1.43 bits per heavy atom. The summed E-state index contributed by atoms with van der Waals surface area (Å²) in [5.74, 6) is -0.375. The zero-order valence-electron chi connectivity index (χ0n) is 11.5. The summed E-state index contributed by atoms with van der Waals surface area (Å²) in [6.07, 6.45) is 1.48. The molecule has 0 bridgehead atoms. The predicted molar refractivity (Wildman–Crippen MR) is 81.8 cm³/mol. The second kappa shape index (κ2) is 6.17. The lowest BCUT2D eigenvalue weighted by atomic mass is 10.1. The lowest BCUT2D eigenvalue weighted by Crippen LogP contribution is -2.07. The van der Waals surface area contributed by atoms with Gasteiger partial charge in [0.05, 0.1) is 27.2 Å². The molecule has 110 valence electrons. The number of anilines is 1. The Balaban J connectivity index is 2.22. The third-order valence-corrected chi connectivity index (χ3v) is 3.78. The molecule has 0 atom stereocenters. The van der Waals surface area contributed by atoms with Gasteiger partial charge in [-0.15, -0.1) is 0 Å². The van der Waals surface area contributed by atoms with E-state index in [2.05, 4.69) is 26.2 Å². The van der Waals surface area contributed by atoms with E-state index in [1.165, 1.54) is 12.3 Å². The van der Waals surface area contributed by atoms with Crippen LogP contribution in [0.25, 0.3) is 0 Å². The molecule has 1 aromatic heterocycles. The summed E-state index contributed by atoms with van der Waals surface area (Å²) >= 11 is 3.08. The Kier molecular flexibility index (Phi) is 4.52. The molecule has 1 aromatic carbocycles. The van der Waals surface area contributed by atoms with E-state index >= 15 is 0 Å². The molecular weight excluding hydrogens is 341 g/mol. The fourth-order valence-electron chi connectivity index (χ4n) is 2.02. The number of halogens is 2. The highest BCUT2D eigenvalue weighted by molar-refractivity contribution is 9.10. The number of nitrogens with one attached hydrogen (secondary N) is 1. The Hall–Kier alpha value is -2.02. The molecule has 0 aliphatic heterocycles. The number of hydrogen-bond donors (Lipinski definition) is 1. The SMILES string of the molecule is Cc1cnc(CNc2ccc(Br)c(F)c2)c(C)c1[N+](=O)[O-]. The largest absolute Gasteiger partial charge is 0.379 e. The summed E-state index contributed by atoms with van der Waals surface area (Å²) in [7, 11) is 0. The lowest BCUT2D eigenvalue weighted by molar-refractivity contribution is -0.386. The van der Waals surface area contributed by atoms with Crippen molar-refractivity contribution < 1.29 is 9.31 Å². The number of pyridine rings is 1. The number of rotatable bonds is 4. The van der Waals surface area contributed by atoms with E-state index in [1.807, 2.05) is 0 Å². The van der Waals surface area contributed by atoms with Gasteiger partial charge in [0, 0.05) is 17.4 Å². The van der Waals surface area contributed by atoms with Gasteiger partial charge in [-0.05, 0) is 48.0 Å². The molecule has 2 aromatic rings. The fraction of sp³-hybridized carbons (Fsp3) is 0.214. The van der Waals surface area contributed by atoms with Crippen LogP contribution < -0.4 is 5.32 Å². The van der Waals surface area contributed by atoms with Gasteiger partial charge >= 0.3 is 0 Å². The van der Waals surface area contributed by atoms with E-state index < -0.39 is 4.92 Å². The highest BCUT2D eigenvalue weighted by Gasteiger charge is 2.18. The zero-order valence-corrected chi connectivity index (χ0v) is 13.1. The first-order valence-electron chi connectivity index (χ1n) is 6.18. The van der Waals surface area contributed by atoms with Crippen molar-refractivity contribution in [1.29, 1.82) is 0 Å². The van der Waals surface area contributed by atoms with Crippen LogP contribution in [0.1, 0.15) is 16.8 Å². The van der Waals surface area contributed by atoms with Gasteiger partial charge in [0.1, 0.15) is 5.82 Å². The number of aromatic nitrogens is 1. The maximum absolute atomic E-state index is 13.4. The molecule has 0 aliphatic rings. The van der Waals surface area contributed by atoms with Crippen LogP contribution in [0.2, 0.25) is 0 Å². The van der Waals surface area contributed by atoms with E-state index in [1.54, 1.807) is 26.0 Å². The van der Waals surface area contributed by atoms with Crippen molar-refractivity contribution in [2.45, 2.75) is 20.4 Å². The van der Waals surface area contributed by atoms with E-state index in [9.17, 15) is 14.5 Å². The molecule has 0 spiro atoms. The lowest BCUT2D eigenvalue weighted by Gasteiger charge is -2.10. The molecule has 0 saturated heterocycles. The van der Waals surface area contributed by atoms with E-state index in [-0.39, 0.29) is 18.0 Å². The normalized spacial score (nSPS) is 10.5. The van der Waals surface area contributed by atoms with Crippen LogP contribution in [0.3, 0.4) is 0 Å². The molecule has 0 aliphatic carbocycles. The molecular formula is C14H13BrFN3O2. The summed E-state index contributed by atoms with van der Waals surface area (Å²) in [6, 6.07) is 4.66. The smallest absolute Gasteiger partial charge is 0.278 e. The van der Waals surface area contributed by atoms with E-state index in [0.717, 1.165) is 0 Å². The van der Waals surface area contributed by atoms with Gasteiger partial charge in [-0.25, -0.2) is 4.39 Å². The highest BCUT2D eigenvalue weighted by atomic mass is 79.9. The molecule has 0 radical (unpaired) electrons. The monoisotopic (exact) mass is 353 g/mol. The van der Waals surface area contributed by atoms with Gasteiger partial charge in [0.2, 0.25) is 0 Å². The van der Waals surface area contributed by atoms with Gasteiger partial charge in [0.25, 0.3) is 5.69 Å². The zero-order chi connectivity index (χ0) is 15.6. The number of benzene rings is 1. The molecule has 7 heteroatoms. The van der Waals surface area contributed by atoms with Crippen LogP contribution in [-0.4, -0.2) is 9.91 Å². The van der Waals surface area contributed by atoms with Crippen LogP contribution in [0.4, 0.5) is 15.8 Å². The van der Waals surface area contributed by atoms with E-state index in [4.69, 9.17) is 0 Å². The Morgan fingerprint density at radius 2 is 2.14 bits per heavy atom. The molecule has 21 heavy (non-hydrogen) atoms. The number of aryl methyl sites for hydroxylation is 1. The van der Waals surface area contributed by atoms with Gasteiger partial charge in [-0.2, -0.15) is 0 Å². The number of hydrogen-bond acceptors (Lipinski definition) is 4. The fourth-order valence-corrected chi connectivity index (χ4v) is 2.26. The number of nitrogens with zero attached hydrogens (tertiary/aromatic N) is 2. The minimum atomic E-state index is -0.408. The molecule has 1 heterocycles. The van der Waals surface area contributed by atoms with Crippen molar-refractivity contribution in [1.82, 2.24) is 4.98 Å². The predicted octanol–water partition coefficient (Wildman–Crippen LogP) is 4.12. The van der Waals surface area contributed by atoms with Gasteiger partial charge in [-0.3, -0.25) is 15.1 Å². The summed E-state index contributed by atoms with van der Waals surface area (Å²) in [6.45, 7) is 3.60. The summed E-state index contributed by atoms with van der Waals surface area (Å²) in [5, 5.41) is 14.1. The maximum atomic E-state index is 13.4. The second-order valence-electron chi connectivity index (χ2n) is 4.60.